The number of carboxylic acids is 1. The van der Waals surface area contributed by atoms with Gasteiger partial charge in [-0.05, 0) is 30.2 Å². The van der Waals surface area contributed by atoms with Gasteiger partial charge in [-0.15, -0.1) is 0 Å². The third kappa shape index (κ3) is 2.31. The van der Waals surface area contributed by atoms with Gasteiger partial charge < -0.3 is 5.11 Å². The van der Waals surface area contributed by atoms with Crippen LogP contribution in [-0.2, 0) is 13.5 Å². The maximum atomic E-state index is 10.9. The highest BCUT2D eigenvalue weighted by molar-refractivity contribution is 9.10. The van der Waals surface area contributed by atoms with E-state index in [1.807, 2.05) is 18.2 Å². The number of aromatic nitrogens is 2. The van der Waals surface area contributed by atoms with Crippen molar-refractivity contribution >= 4 is 21.9 Å². The first-order chi connectivity index (χ1) is 8.52. The summed E-state index contributed by atoms with van der Waals surface area (Å²) >= 11 is 3.44. The number of rotatable bonds is 3. The highest BCUT2D eigenvalue weighted by Crippen LogP contribution is 2.28. The molecule has 0 spiro atoms. The molecule has 1 heterocycles. The van der Waals surface area contributed by atoms with Crippen molar-refractivity contribution in [2.24, 2.45) is 7.05 Å². The molecule has 5 heteroatoms. The van der Waals surface area contributed by atoms with E-state index < -0.39 is 5.97 Å². The first-order valence-corrected chi connectivity index (χ1v) is 6.38. The van der Waals surface area contributed by atoms with Crippen molar-refractivity contribution in [2.45, 2.75) is 13.3 Å². The zero-order valence-corrected chi connectivity index (χ0v) is 11.7. The van der Waals surface area contributed by atoms with Gasteiger partial charge in [0.15, 0.2) is 5.69 Å². The number of hydrogen-bond donors (Lipinski definition) is 1. The molecule has 0 saturated heterocycles. The molecular formula is C13H13BrN2O2. The second kappa shape index (κ2) is 4.94. The fourth-order valence-corrected chi connectivity index (χ4v) is 2.28. The number of aryl methyl sites for hydroxylation is 2. The molecule has 2 rings (SSSR count). The maximum absolute atomic E-state index is 10.9. The molecular weight excluding hydrogens is 296 g/mol. The Kier molecular flexibility index (Phi) is 3.52. The van der Waals surface area contributed by atoms with Crippen LogP contribution in [0.3, 0.4) is 0 Å². The lowest BCUT2D eigenvalue weighted by Gasteiger charge is -2.08. The second-order valence-electron chi connectivity index (χ2n) is 4.00. The summed E-state index contributed by atoms with van der Waals surface area (Å²) in [6.07, 6.45) is 0.885. The Hall–Kier alpha value is -1.62. The van der Waals surface area contributed by atoms with Crippen molar-refractivity contribution in [3.63, 3.8) is 0 Å². The van der Waals surface area contributed by atoms with Crippen LogP contribution in [0.5, 0.6) is 0 Å². The number of halogens is 1. The lowest BCUT2D eigenvalue weighted by molar-refractivity contribution is 0.0689. The van der Waals surface area contributed by atoms with E-state index in [2.05, 4.69) is 28.0 Å². The number of carboxylic acid groups (broad SMARTS) is 1. The van der Waals surface area contributed by atoms with Gasteiger partial charge in [0.1, 0.15) is 0 Å². The number of carbonyl (C=O) groups is 1. The number of nitrogens with zero attached hydrogens (tertiary/aromatic N) is 2. The Balaban J connectivity index is 2.60. The predicted octanol–water partition coefficient (Wildman–Crippen LogP) is 3.11. The fraction of sp³-hybridized carbons (Fsp3) is 0.231. The largest absolute Gasteiger partial charge is 0.476 e. The Morgan fingerprint density at radius 2 is 2.17 bits per heavy atom. The van der Waals surface area contributed by atoms with Crippen molar-refractivity contribution in [1.82, 2.24) is 9.78 Å². The molecule has 0 unspecified atom stereocenters. The van der Waals surface area contributed by atoms with Gasteiger partial charge in [0.2, 0.25) is 0 Å². The third-order valence-corrected chi connectivity index (χ3v) is 3.32. The van der Waals surface area contributed by atoms with Crippen molar-refractivity contribution in [3.8, 4) is 11.3 Å². The van der Waals surface area contributed by atoms with Crippen LogP contribution in [0.2, 0.25) is 0 Å². The quantitative estimate of drug-likeness (QED) is 0.948. The Morgan fingerprint density at radius 1 is 1.44 bits per heavy atom. The first-order valence-electron chi connectivity index (χ1n) is 5.59. The van der Waals surface area contributed by atoms with E-state index in [4.69, 9.17) is 5.11 Å². The molecule has 4 nitrogen and oxygen atoms in total. The molecule has 1 aromatic heterocycles. The average molecular weight is 309 g/mol. The monoisotopic (exact) mass is 308 g/mol. The van der Waals surface area contributed by atoms with Gasteiger partial charge in [-0.3, -0.25) is 4.68 Å². The molecule has 0 aliphatic heterocycles. The number of hydrogen-bond acceptors (Lipinski definition) is 2. The summed E-state index contributed by atoms with van der Waals surface area (Å²) in [5.74, 6) is -1.01. The minimum Gasteiger partial charge on any atom is -0.476 e. The molecule has 0 amide bonds. The fourth-order valence-electron chi connectivity index (χ4n) is 1.92. The predicted molar refractivity (Wildman–Crippen MR) is 72.7 cm³/mol. The zero-order valence-electron chi connectivity index (χ0n) is 10.1. The Morgan fingerprint density at radius 3 is 2.72 bits per heavy atom. The van der Waals surface area contributed by atoms with Crippen LogP contribution >= 0.6 is 15.9 Å². The van der Waals surface area contributed by atoms with Crippen LogP contribution in [0.1, 0.15) is 23.0 Å². The van der Waals surface area contributed by atoms with E-state index >= 15 is 0 Å². The molecule has 0 aliphatic rings. The van der Waals surface area contributed by atoms with Gasteiger partial charge in [-0.25, -0.2) is 4.79 Å². The van der Waals surface area contributed by atoms with Crippen LogP contribution in [-0.4, -0.2) is 20.9 Å². The summed E-state index contributed by atoms with van der Waals surface area (Å²) < 4.78 is 2.57. The number of aromatic carboxylic acids is 1. The third-order valence-electron chi connectivity index (χ3n) is 2.83. The molecule has 0 fully saturated rings. The zero-order chi connectivity index (χ0) is 13.3. The molecule has 0 saturated carbocycles. The molecule has 2 aromatic rings. The molecule has 18 heavy (non-hydrogen) atoms. The van der Waals surface area contributed by atoms with Crippen molar-refractivity contribution in [2.75, 3.05) is 0 Å². The summed E-state index contributed by atoms with van der Waals surface area (Å²) in [5.41, 5.74) is 3.05. The molecule has 94 valence electrons. The van der Waals surface area contributed by atoms with Crippen molar-refractivity contribution in [3.05, 3.63) is 40.0 Å². The van der Waals surface area contributed by atoms with E-state index in [9.17, 15) is 4.79 Å². The highest BCUT2D eigenvalue weighted by atomic mass is 79.9. The lowest BCUT2D eigenvalue weighted by atomic mass is 10.0. The van der Waals surface area contributed by atoms with E-state index in [1.165, 1.54) is 0 Å². The van der Waals surface area contributed by atoms with Crippen LogP contribution in [0.15, 0.2) is 28.7 Å². The Bertz CT molecular complexity index is 605. The van der Waals surface area contributed by atoms with Crippen LogP contribution in [0, 0.1) is 0 Å². The van der Waals surface area contributed by atoms with E-state index in [0.717, 1.165) is 27.7 Å². The number of benzene rings is 1. The normalized spacial score (nSPS) is 10.6. The van der Waals surface area contributed by atoms with Crippen LogP contribution < -0.4 is 0 Å². The topological polar surface area (TPSA) is 55.1 Å². The van der Waals surface area contributed by atoms with Crippen LogP contribution in [0.25, 0.3) is 11.3 Å². The molecule has 1 aromatic carbocycles. The van der Waals surface area contributed by atoms with Gasteiger partial charge in [-0.2, -0.15) is 5.10 Å². The SMILES string of the molecule is CCc1ccc(Br)cc1-c1cc(C(=O)O)nn1C. The smallest absolute Gasteiger partial charge is 0.356 e. The van der Waals surface area contributed by atoms with Gasteiger partial charge in [-0.1, -0.05) is 28.9 Å². The molecule has 0 atom stereocenters. The summed E-state index contributed by atoms with van der Waals surface area (Å²) in [6.45, 7) is 2.07. The minimum atomic E-state index is -1.01. The molecule has 0 radical (unpaired) electrons. The second-order valence-corrected chi connectivity index (χ2v) is 4.91. The van der Waals surface area contributed by atoms with Gasteiger partial charge in [0.05, 0.1) is 5.69 Å². The summed E-state index contributed by atoms with van der Waals surface area (Å²) in [6, 6.07) is 7.61. The first kappa shape index (κ1) is 12.8. The molecule has 0 aliphatic carbocycles. The van der Waals surface area contributed by atoms with Crippen molar-refractivity contribution < 1.29 is 9.90 Å². The van der Waals surface area contributed by atoms with Crippen molar-refractivity contribution in [1.29, 1.82) is 0 Å². The average Bonchev–Trinajstić information content (AvgIpc) is 2.71. The van der Waals surface area contributed by atoms with Gasteiger partial charge in [0, 0.05) is 17.1 Å². The summed E-state index contributed by atoms with van der Waals surface area (Å²) in [4.78, 5) is 10.9. The van der Waals surface area contributed by atoms with E-state index in [-0.39, 0.29) is 5.69 Å². The van der Waals surface area contributed by atoms with Gasteiger partial charge in [0.25, 0.3) is 0 Å². The summed E-state index contributed by atoms with van der Waals surface area (Å²) in [7, 11) is 1.75. The van der Waals surface area contributed by atoms with Crippen LogP contribution in [0.4, 0.5) is 0 Å². The molecule has 0 bridgehead atoms. The maximum Gasteiger partial charge on any atom is 0.356 e. The van der Waals surface area contributed by atoms with Gasteiger partial charge >= 0.3 is 5.97 Å². The lowest BCUT2D eigenvalue weighted by Crippen LogP contribution is -1.99. The minimum absolute atomic E-state index is 0.0644. The summed E-state index contributed by atoms with van der Waals surface area (Å²) in [5, 5.41) is 13.0. The Labute approximate surface area is 113 Å². The standard InChI is InChI=1S/C13H13BrN2O2/c1-3-8-4-5-9(14)6-10(8)12-7-11(13(17)18)15-16(12)2/h4-7H,3H2,1-2H3,(H,17,18). The highest BCUT2D eigenvalue weighted by Gasteiger charge is 2.14. The van der Waals surface area contributed by atoms with E-state index in [0.29, 0.717) is 0 Å². The molecule has 1 N–H and O–H groups in total. The van der Waals surface area contributed by atoms with E-state index in [1.54, 1.807) is 17.8 Å².